The summed E-state index contributed by atoms with van der Waals surface area (Å²) in [5.41, 5.74) is 2.72. The number of nitro groups is 1. The van der Waals surface area contributed by atoms with Crippen molar-refractivity contribution in [1.29, 1.82) is 0 Å². The minimum atomic E-state index is -0.536. The lowest BCUT2D eigenvalue weighted by Crippen LogP contribution is -2.52. The first kappa shape index (κ1) is 26.8. The number of hydrogen-bond acceptors (Lipinski definition) is 6. The van der Waals surface area contributed by atoms with Crippen molar-refractivity contribution in [2.45, 2.75) is 83.3 Å². The highest BCUT2D eigenvalue weighted by atomic mass is 16.6. The number of amides is 1. The highest BCUT2D eigenvalue weighted by Crippen LogP contribution is 2.30. The third-order valence-electron chi connectivity index (χ3n) is 7.60. The van der Waals surface area contributed by atoms with Crippen LogP contribution in [0, 0.1) is 16.0 Å². The number of aryl methyl sites for hydroxylation is 1. The molecule has 198 valence electrons. The molecule has 0 radical (unpaired) electrons. The van der Waals surface area contributed by atoms with Gasteiger partial charge >= 0.3 is 5.97 Å². The fourth-order valence-corrected chi connectivity index (χ4v) is 5.57. The zero-order valence-corrected chi connectivity index (χ0v) is 21.6. The number of hydrogen-bond donors (Lipinski definition) is 1. The molecule has 1 saturated carbocycles. The average molecular weight is 508 g/mol. The van der Waals surface area contributed by atoms with Crippen molar-refractivity contribution in [2.75, 3.05) is 11.5 Å². The average Bonchev–Trinajstić information content (AvgIpc) is 3.04. The Morgan fingerprint density at radius 1 is 1.11 bits per heavy atom. The molecule has 8 heteroatoms. The largest absolute Gasteiger partial charge is 0.465 e. The Kier molecular flexibility index (Phi) is 9.28. The highest BCUT2D eigenvalue weighted by Gasteiger charge is 2.34. The van der Waals surface area contributed by atoms with E-state index in [1.54, 1.807) is 24.0 Å². The summed E-state index contributed by atoms with van der Waals surface area (Å²) in [6, 6.07) is 13.1. The molecule has 1 aliphatic heterocycles. The Labute approximate surface area is 218 Å². The van der Waals surface area contributed by atoms with Crippen molar-refractivity contribution in [2.24, 2.45) is 5.92 Å². The summed E-state index contributed by atoms with van der Waals surface area (Å²) in [5, 5.41) is 14.4. The molecule has 1 amide bonds. The van der Waals surface area contributed by atoms with E-state index in [0.29, 0.717) is 31.8 Å². The van der Waals surface area contributed by atoms with E-state index in [0.717, 1.165) is 23.2 Å². The van der Waals surface area contributed by atoms with Gasteiger partial charge in [0.1, 0.15) is 6.04 Å². The van der Waals surface area contributed by atoms with Crippen LogP contribution in [0.2, 0.25) is 0 Å². The molecule has 0 bridgehead atoms. The second-order valence-corrected chi connectivity index (χ2v) is 10.1. The third-order valence-corrected chi connectivity index (χ3v) is 7.60. The highest BCUT2D eigenvalue weighted by molar-refractivity contribution is 5.99. The molecule has 1 fully saturated rings. The minimum Gasteiger partial charge on any atom is -0.465 e. The second-order valence-electron chi connectivity index (χ2n) is 10.1. The molecular weight excluding hydrogens is 470 g/mol. The zero-order chi connectivity index (χ0) is 26.2. The maximum atomic E-state index is 13.9. The van der Waals surface area contributed by atoms with Crippen molar-refractivity contribution < 1.29 is 19.2 Å². The van der Waals surface area contributed by atoms with Gasteiger partial charge < -0.3 is 9.64 Å². The molecule has 1 aliphatic carbocycles. The van der Waals surface area contributed by atoms with Crippen molar-refractivity contribution in [3.05, 3.63) is 69.8 Å². The number of benzene rings is 2. The number of nitro benzene ring substituents is 1. The van der Waals surface area contributed by atoms with Gasteiger partial charge in [-0.1, -0.05) is 62.4 Å². The van der Waals surface area contributed by atoms with Gasteiger partial charge in [0.15, 0.2) is 0 Å². The standard InChI is InChI=1S/C29H37N3O5/c1-2-37-29(34)26(18-14-21-8-4-3-5-9-21)30-25-19-15-23-10-6-7-11-27(23)31(28(25)33)20-22-12-16-24(17-13-22)32(35)36/h6-7,10-13,16-17,21,25-26,30H,2-5,8-9,14-15,18-20H2,1H3/t25-,26+/m1/s1. The van der Waals surface area contributed by atoms with E-state index in [1.165, 1.54) is 44.2 Å². The number of nitrogens with zero attached hydrogens (tertiary/aromatic N) is 2. The topological polar surface area (TPSA) is 102 Å². The number of fused-ring (bicyclic) bond motifs is 1. The summed E-state index contributed by atoms with van der Waals surface area (Å²) in [6.45, 7) is 2.39. The van der Waals surface area contributed by atoms with E-state index < -0.39 is 17.0 Å². The molecule has 2 aromatic rings. The lowest BCUT2D eigenvalue weighted by Gasteiger charge is -2.29. The van der Waals surface area contributed by atoms with Crippen LogP contribution in [0.4, 0.5) is 11.4 Å². The number of para-hydroxylation sites is 1. The second kappa shape index (κ2) is 12.8. The number of non-ortho nitro benzene ring substituents is 1. The maximum absolute atomic E-state index is 13.9. The van der Waals surface area contributed by atoms with Gasteiger partial charge in [-0.25, -0.2) is 0 Å². The summed E-state index contributed by atoms with van der Waals surface area (Å²) in [6.07, 6.45) is 9.08. The van der Waals surface area contributed by atoms with Crippen LogP contribution in [-0.4, -0.2) is 35.5 Å². The fraction of sp³-hybridized carbons (Fsp3) is 0.517. The lowest BCUT2D eigenvalue weighted by molar-refractivity contribution is -0.384. The van der Waals surface area contributed by atoms with Gasteiger partial charge in [0.25, 0.3) is 5.69 Å². The summed E-state index contributed by atoms with van der Waals surface area (Å²) in [7, 11) is 0. The van der Waals surface area contributed by atoms with E-state index >= 15 is 0 Å². The summed E-state index contributed by atoms with van der Waals surface area (Å²) >= 11 is 0. The van der Waals surface area contributed by atoms with E-state index in [9.17, 15) is 19.7 Å². The quantitative estimate of drug-likeness (QED) is 0.265. The van der Waals surface area contributed by atoms with Crippen LogP contribution in [0.5, 0.6) is 0 Å². The molecule has 2 atom stereocenters. The minimum absolute atomic E-state index is 0.0149. The number of carbonyl (C=O) groups is 2. The first-order valence-electron chi connectivity index (χ1n) is 13.5. The van der Waals surface area contributed by atoms with Crippen LogP contribution in [0.15, 0.2) is 48.5 Å². The van der Waals surface area contributed by atoms with Gasteiger partial charge in [-0.2, -0.15) is 0 Å². The number of anilines is 1. The monoisotopic (exact) mass is 507 g/mol. The van der Waals surface area contributed by atoms with Gasteiger partial charge in [-0.15, -0.1) is 0 Å². The van der Waals surface area contributed by atoms with Gasteiger partial charge in [0.05, 0.1) is 24.1 Å². The van der Waals surface area contributed by atoms with Crippen LogP contribution in [0.1, 0.15) is 69.4 Å². The van der Waals surface area contributed by atoms with Gasteiger partial charge in [-0.05, 0) is 55.7 Å². The Bertz CT molecular complexity index is 1080. The molecule has 4 rings (SSSR count). The molecular formula is C29H37N3O5. The van der Waals surface area contributed by atoms with Gasteiger partial charge in [0.2, 0.25) is 5.91 Å². The number of nitrogens with one attached hydrogen (secondary N) is 1. The van der Waals surface area contributed by atoms with Crippen LogP contribution < -0.4 is 10.2 Å². The van der Waals surface area contributed by atoms with Crippen LogP contribution in [0.25, 0.3) is 0 Å². The smallest absolute Gasteiger partial charge is 0.323 e. The van der Waals surface area contributed by atoms with E-state index in [-0.39, 0.29) is 24.1 Å². The van der Waals surface area contributed by atoms with Gasteiger partial charge in [0, 0.05) is 17.8 Å². The molecule has 8 nitrogen and oxygen atoms in total. The Morgan fingerprint density at radius 2 is 1.84 bits per heavy atom. The normalized spacial score (nSPS) is 19.1. The SMILES string of the molecule is CCOC(=O)[C@H](CCC1CCCCC1)N[C@@H]1CCc2ccccc2N(Cc2ccc([N+](=O)[O-])cc2)C1=O. The van der Waals surface area contributed by atoms with Crippen molar-refractivity contribution >= 4 is 23.3 Å². The molecule has 0 saturated heterocycles. The fourth-order valence-electron chi connectivity index (χ4n) is 5.57. The molecule has 2 aliphatic rings. The van der Waals surface area contributed by atoms with E-state index in [4.69, 9.17) is 4.74 Å². The number of ether oxygens (including phenoxy) is 1. The Hall–Kier alpha value is -3.26. The van der Waals surface area contributed by atoms with Crippen molar-refractivity contribution in [3.8, 4) is 0 Å². The zero-order valence-electron chi connectivity index (χ0n) is 21.6. The molecule has 0 unspecified atom stereocenters. The summed E-state index contributed by atoms with van der Waals surface area (Å²) in [5.74, 6) is 0.227. The van der Waals surface area contributed by atoms with Gasteiger partial charge in [-0.3, -0.25) is 25.0 Å². The molecule has 37 heavy (non-hydrogen) atoms. The predicted molar refractivity (Wildman–Crippen MR) is 142 cm³/mol. The third kappa shape index (κ3) is 6.95. The van der Waals surface area contributed by atoms with E-state index in [1.807, 2.05) is 24.3 Å². The van der Waals surface area contributed by atoms with Crippen LogP contribution in [0.3, 0.4) is 0 Å². The number of rotatable bonds is 10. The molecule has 1 heterocycles. The first-order chi connectivity index (χ1) is 18.0. The summed E-state index contributed by atoms with van der Waals surface area (Å²) in [4.78, 5) is 39.2. The summed E-state index contributed by atoms with van der Waals surface area (Å²) < 4.78 is 5.39. The number of esters is 1. The Morgan fingerprint density at radius 3 is 2.54 bits per heavy atom. The maximum Gasteiger partial charge on any atom is 0.323 e. The van der Waals surface area contributed by atoms with Crippen molar-refractivity contribution in [3.63, 3.8) is 0 Å². The van der Waals surface area contributed by atoms with Crippen LogP contribution in [-0.2, 0) is 27.3 Å². The lowest BCUT2D eigenvalue weighted by atomic mass is 9.85. The number of carbonyl (C=O) groups excluding carboxylic acids is 2. The molecule has 0 spiro atoms. The van der Waals surface area contributed by atoms with E-state index in [2.05, 4.69) is 5.32 Å². The first-order valence-corrected chi connectivity index (χ1v) is 13.5. The molecule has 0 aromatic heterocycles. The predicted octanol–water partition coefficient (Wildman–Crippen LogP) is 5.32. The van der Waals surface area contributed by atoms with Crippen LogP contribution >= 0.6 is 0 Å². The molecule has 1 N–H and O–H groups in total. The van der Waals surface area contributed by atoms with Crippen molar-refractivity contribution in [1.82, 2.24) is 5.32 Å². The molecule has 2 aromatic carbocycles. The Balaban J connectivity index is 1.53.